The maximum atomic E-state index is 13.1. The summed E-state index contributed by atoms with van der Waals surface area (Å²) in [5.41, 5.74) is -0.226. The molecule has 0 unspecified atom stereocenters. The predicted octanol–water partition coefficient (Wildman–Crippen LogP) is 1.59. The van der Waals surface area contributed by atoms with Gasteiger partial charge in [-0.15, -0.1) is 0 Å². The molecule has 1 aliphatic rings. The fourth-order valence-electron chi connectivity index (χ4n) is 2.38. The van der Waals surface area contributed by atoms with Gasteiger partial charge in [-0.3, -0.25) is 0 Å². The van der Waals surface area contributed by atoms with Gasteiger partial charge in [-0.1, -0.05) is 19.1 Å². The average molecular weight is 209 g/mol. The molecule has 1 aromatic carbocycles. The van der Waals surface area contributed by atoms with Crippen molar-refractivity contribution < 1.29 is 9.50 Å². The zero-order valence-electron chi connectivity index (χ0n) is 9.07. The summed E-state index contributed by atoms with van der Waals surface area (Å²) in [5.74, 6) is -0.160. The number of halogens is 1. The van der Waals surface area contributed by atoms with E-state index in [4.69, 9.17) is 0 Å². The lowest BCUT2D eigenvalue weighted by molar-refractivity contribution is 0.0143. The Labute approximate surface area is 89.3 Å². The number of benzene rings is 1. The molecular weight excluding hydrogens is 193 g/mol. The lowest BCUT2D eigenvalue weighted by atomic mass is 9.85. The van der Waals surface area contributed by atoms with E-state index in [2.05, 4.69) is 4.90 Å². The van der Waals surface area contributed by atoms with Crippen LogP contribution in [0.15, 0.2) is 24.3 Å². The number of nitrogens with zero attached hydrogens (tertiary/aromatic N) is 1. The molecule has 1 heterocycles. The molecule has 0 aliphatic carbocycles. The Balaban J connectivity index is 2.37. The maximum absolute atomic E-state index is 13.1. The first kappa shape index (κ1) is 10.6. The van der Waals surface area contributed by atoms with Crippen LogP contribution in [0.2, 0.25) is 0 Å². The number of hydrogen-bond acceptors (Lipinski definition) is 2. The second-order valence-electron chi connectivity index (χ2n) is 4.53. The highest BCUT2D eigenvalue weighted by molar-refractivity contribution is 5.26. The van der Waals surface area contributed by atoms with Gasteiger partial charge in [0.2, 0.25) is 0 Å². The van der Waals surface area contributed by atoms with Crippen molar-refractivity contribution in [2.75, 3.05) is 20.1 Å². The zero-order valence-corrected chi connectivity index (χ0v) is 9.07. The van der Waals surface area contributed by atoms with E-state index in [9.17, 15) is 9.50 Å². The molecule has 15 heavy (non-hydrogen) atoms. The van der Waals surface area contributed by atoms with E-state index < -0.39 is 5.60 Å². The van der Waals surface area contributed by atoms with Gasteiger partial charge in [0.05, 0.1) is 0 Å². The van der Waals surface area contributed by atoms with Crippen molar-refractivity contribution in [3.63, 3.8) is 0 Å². The van der Waals surface area contributed by atoms with Crippen LogP contribution in [0.1, 0.15) is 12.5 Å². The maximum Gasteiger partial charge on any atom is 0.123 e. The highest BCUT2D eigenvalue weighted by Gasteiger charge is 2.42. The summed E-state index contributed by atoms with van der Waals surface area (Å²) in [6.45, 7) is 3.40. The fourth-order valence-corrected chi connectivity index (χ4v) is 2.38. The minimum absolute atomic E-state index is 0.129. The minimum atomic E-state index is -0.906. The van der Waals surface area contributed by atoms with Gasteiger partial charge in [-0.05, 0) is 24.7 Å². The van der Waals surface area contributed by atoms with Gasteiger partial charge in [0, 0.05) is 19.0 Å². The second kappa shape index (κ2) is 3.58. The third kappa shape index (κ3) is 1.77. The molecule has 0 spiro atoms. The SMILES string of the molecule is C[C@@H]1CN(C)C[C@@]1(O)c1cccc(F)c1. The van der Waals surface area contributed by atoms with Gasteiger partial charge in [0.25, 0.3) is 0 Å². The topological polar surface area (TPSA) is 23.5 Å². The van der Waals surface area contributed by atoms with Crippen molar-refractivity contribution in [2.45, 2.75) is 12.5 Å². The molecular formula is C12H16FNO. The lowest BCUT2D eigenvalue weighted by Gasteiger charge is -2.27. The summed E-state index contributed by atoms with van der Waals surface area (Å²) >= 11 is 0. The molecule has 82 valence electrons. The van der Waals surface area contributed by atoms with Gasteiger partial charge in [0.1, 0.15) is 11.4 Å². The monoisotopic (exact) mass is 209 g/mol. The van der Waals surface area contributed by atoms with Crippen LogP contribution in [0, 0.1) is 11.7 Å². The third-order valence-electron chi connectivity index (χ3n) is 3.24. The molecule has 1 fully saturated rings. The second-order valence-corrected chi connectivity index (χ2v) is 4.53. The molecule has 1 N–H and O–H groups in total. The highest BCUT2D eigenvalue weighted by atomic mass is 19.1. The quantitative estimate of drug-likeness (QED) is 0.759. The summed E-state index contributed by atoms with van der Waals surface area (Å²) in [4.78, 5) is 2.07. The van der Waals surface area contributed by atoms with Crippen molar-refractivity contribution >= 4 is 0 Å². The third-order valence-corrected chi connectivity index (χ3v) is 3.24. The molecule has 0 saturated carbocycles. The van der Waals surface area contributed by atoms with Crippen LogP contribution >= 0.6 is 0 Å². The summed E-state index contributed by atoms with van der Waals surface area (Å²) in [6, 6.07) is 6.26. The van der Waals surface area contributed by atoms with E-state index in [1.54, 1.807) is 12.1 Å². The van der Waals surface area contributed by atoms with Crippen LogP contribution in [-0.2, 0) is 5.60 Å². The van der Waals surface area contributed by atoms with Gasteiger partial charge < -0.3 is 10.0 Å². The van der Waals surface area contributed by atoms with Gasteiger partial charge >= 0.3 is 0 Å². The Morgan fingerprint density at radius 1 is 1.53 bits per heavy atom. The number of β-amino-alcohol motifs (C(OH)–C–C–N with tert-alkyl or cyclic N) is 1. The summed E-state index contributed by atoms with van der Waals surface area (Å²) in [6.07, 6.45) is 0. The largest absolute Gasteiger partial charge is 0.383 e. The minimum Gasteiger partial charge on any atom is -0.383 e. The van der Waals surface area contributed by atoms with Crippen molar-refractivity contribution in [1.82, 2.24) is 4.90 Å². The predicted molar refractivity (Wildman–Crippen MR) is 57.0 cm³/mol. The number of likely N-dealkylation sites (tertiary alicyclic amines) is 1. The van der Waals surface area contributed by atoms with Gasteiger partial charge in [0.15, 0.2) is 0 Å². The first-order valence-electron chi connectivity index (χ1n) is 5.19. The molecule has 0 amide bonds. The molecule has 1 aromatic rings. The Morgan fingerprint density at radius 2 is 2.27 bits per heavy atom. The van der Waals surface area contributed by atoms with E-state index in [1.165, 1.54) is 12.1 Å². The van der Waals surface area contributed by atoms with Crippen LogP contribution in [0.5, 0.6) is 0 Å². The zero-order chi connectivity index (χ0) is 11.1. The normalized spacial score (nSPS) is 32.1. The molecule has 2 nitrogen and oxygen atoms in total. The van der Waals surface area contributed by atoms with Crippen molar-refractivity contribution in [1.29, 1.82) is 0 Å². The van der Waals surface area contributed by atoms with E-state index in [1.807, 2.05) is 14.0 Å². The Bertz CT molecular complexity index is 368. The molecule has 1 aliphatic heterocycles. The molecule has 3 heteroatoms. The summed E-state index contributed by atoms with van der Waals surface area (Å²) < 4.78 is 13.1. The first-order chi connectivity index (χ1) is 7.02. The summed E-state index contributed by atoms with van der Waals surface area (Å²) in [5, 5.41) is 10.5. The van der Waals surface area contributed by atoms with Crippen molar-refractivity contribution in [3.05, 3.63) is 35.6 Å². The highest BCUT2D eigenvalue weighted by Crippen LogP contribution is 2.36. The van der Waals surface area contributed by atoms with Crippen LogP contribution < -0.4 is 0 Å². The van der Waals surface area contributed by atoms with E-state index in [0.717, 1.165) is 6.54 Å². The number of likely N-dealkylation sites (N-methyl/N-ethyl adjacent to an activating group) is 1. The van der Waals surface area contributed by atoms with E-state index >= 15 is 0 Å². The number of rotatable bonds is 1. The average Bonchev–Trinajstić information content (AvgIpc) is 2.42. The van der Waals surface area contributed by atoms with E-state index in [0.29, 0.717) is 12.1 Å². The Hall–Kier alpha value is -0.930. The van der Waals surface area contributed by atoms with Crippen LogP contribution in [0.25, 0.3) is 0 Å². The van der Waals surface area contributed by atoms with Crippen molar-refractivity contribution in [3.8, 4) is 0 Å². The van der Waals surface area contributed by atoms with Crippen LogP contribution in [0.4, 0.5) is 4.39 Å². The molecule has 0 radical (unpaired) electrons. The molecule has 2 atom stereocenters. The van der Waals surface area contributed by atoms with Gasteiger partial charge in [-0.2, -0.15) is 0 Å². The summed E-state index contributed by atoms with van der Waals surface area (Å²) in [7, 11) is 1.97. The Morgan fingerprint density at radius 3 is 2.80 bits per heavy atom. The fraction of sp³-hybridized carbons (Fsp3) is 0.500. The Kier molecular flexibility index (Phi) is 2.52. The van der Waals surface area contributed by atoms with Crippen LogP contribution in [-0.4, -0.2) is 30.1 Å². The molecule has 1 saturated heterocycles. The van der Waals surface area contributed by atoms with Crippen LogP contribution in [0.3, 0.4) is 0 Å². The molecule has 0 bridgehead atoms. The molecule has 0 aromatic heterocycles. The smallest absolute Gasteiger partial charge is 0.123 e. The number of hydrogen-bond donors (Lipinski definition) is 1. The van der Waals surface area contributed by atoms with Crippen molar-refractivity contribution in [2.24, 2.45) is 5.92 Å². The molecule has 2 rings (SSSR count). The van der Waals surface area contributed by atoms with Gasteiger partial charge in [-0.25, -0.2) is 4.39 Å². The van der Waals surface area contributed by atoms with E-state index in [-0.39, 0.29) is 11.7 Å². The lowest BCUT2D eigenvalue weighted by Crippen LogP contribution is -2.33. The number of aliphatic hydroxyl groups is 1. The first-order valence-corrected chi connectivity index (χ1v) is 5.19. The standard InChI is InChI=1S/C12H16FNO/c1-9-7-14(2)8-12(9,15)10-4-3-5-11(13)6-10/h3-6,9,15H,7-8H2,1-2H3/t9-,12+/m1/s1.